The van der Waals surface area contributed by atoms with Crippen LogP contribution >= 0.6 is 0 Å². The van der Waals surface area contributed by atoms with Crippen LogP contribution < -0.4 is 5.32 Å². The number of benzene rings is 1. The molecule has 1 aromatic rings. The van der Waals surface area contributed by atoms with Crippen LogP contribution in [-0.2, 0) is 25.4 Å². The molecule has 0 saturated carbocycles. The fraction of sp³-hybridized carbons (Fsp3) is 0.474. The van der Waals surface area contributed by atoms with Crippen LogP contribution in [0.1, 0.15) is 18.4 Å². The van der Waals surface area contributed by atoms with Gasteiger partial charge in [-0.2, -0.15) is 13.2 Å². The Labute approximate surface area is 170 Å². The van der Waals surface area contributed by atoms with Gasteiger partial charge in [-0.15, -0.1) is 0 Å². The first-order chi connectivity index (χ1) is 14.1. The smallest absolute Gasteiger partial charge is 0.376 e. The van der Waals surface area contributed by atoms with Gasteiger partial charge in [0.2, 0.25) is 23.6 Å². The number of hydrogen-bond donors (Lipinski definition) is 1. The molecular formula is C19H21F3N4O4. The summed E-state index contributed by atoms with van der Waals surface area (Å²) in [6.07, 6.45) is -4.23. The fourth-order valence-electron chi connectivity index (χ4n) is 3.33. The number of likely N-dealkylation sites (tertiary alicyclic amines) is 1. The Kier molecular flexibility index (Phi) is 6.28. The van der Waals surface area contributed by atoms with E-state index in [1.54, 1.807) is 0 Å². The molecule has 162 valence electrons. The number of carbonyl (C=O) groups is 4. The van der Waals surface area contributed by atoms with E-state index in [0.29, 0.717) is 0 Å². The summed E-state index contributed by atoms with van der Waals surface area (Å²) in [4.78, 5) is 51.9. The average Bonchev–Trinajstić information content (AvgIpc) is 3.03. The molecule has 1 aromatic carbocycles. The highest BCUT2D eigenvalue weighted by Crippen LogP contribution is 2.30. The molecule has 0 spiro atoms. The van der Waals surface area contributed by atoms with Gasteiger partial charge in [0, 0.05) is 44.7 Å². The fourth-order valence-corrected chi connectivity index (χ4v) is 3.33. The maximum atomic E-state index is 12.8. The summed E-state index contributed by atoms with van der Waals surface area (Å²) in [5.41, 5.74) is -0.617. The molecule has 1 N–H and O–H groups in total. The zero-order valence-electron chi connectivity index (χ0n) is 16.1. The van der Waals surface area contributed by atoms with Crippen molar-refractivity contribution in [2.24, 2.45) is 0 Å². The predicted molar refractivity (Wildman–Crippen MR) is 99.0 cm³/mol. The number of nitrogens with one attached hydrogen (secondary N) is 1. The number of piperazine rings is 1. The van der Waals surface area contributed by atoms with E-state index in [1.807, 2.05) is 0 Å². The molecule has 2 saturated heterocycles. The van der Waals surface area contributed by atoms with Gasteiger partial charge in [-0.3, -0.25) is 24.1 Å². The Morgan fingerprint density at radius 1 is 0.933 bits per heavy atom. The van der Waals surface area contributed by atoms with Crippen molar-refractivity contribution in [3.63, 3.8) is 0 Å². The lowest BCUT2D eigenvalue weighted by Gasteiger charge is -2.35. The second-order valence-electron chi connectivity index (χ2n) is 7.07. The van der Waals surface area contributed by atoms with Gasteiger partial charge in [-0.25, -0.2) is 0 Å². The van der Waals surface area contributed by atoms with E-state index in [9.17, 15) is 32.3 Å². The maximum Gasteiger partial charge on any atom is 0.416 e. The minimum atomic E-state index is -4.46. The van der Waals surface area contributed by atoms with Gasteiger partial charge in [0.05, 0.1) is 12.1 Å². The summed E-state index contributed by atoms with van der Waals surface area (Å²) in [7, 11) is 0. The number of nitrogens with zero attached hydrogens (tertiary/aromatic N) is 3. The number of halogens is 3. The van der Waals surface area contributed by atoms with E-state index >= 15 is 0 Å². The Hall–Kier alpha value is -3.11. The van der Waals surface area contributed by atoms with Gasteiger partial charge < -0.3 is 15.1 Å². The monoisotopic (exact) mass is 426 g/mol. The van der Waals surface area contributed by atoms with Crippen LogP contribution in [0.25, 0.3) is 0 Å². The molecule has 3 rings (SSSR count). The van der Waals surface area contributed by atoms with Crippen molar-refractivity contribution >= 4 is 29.3 Å². The number of rotatable bonds is 5. The Morgan fingerprint density at radius 2 is 1.50 bits per heavy atom. The van der Waals surface area contributed by atoms with E-state index < -0.39 is 11.7 Å². The molecule has 2 aliphatic rings. The Balaban J connectivity index is 1.46. The molecule has 30 heavy (non-hydrogen) atoms. The molecule has 0 unspecified atom stereocenters. The first-order valence-corrected chi connectivity index (χ1v) is 9.45. The van der Waals surface area contributed by atoms with E-state index in [2.05, 4.69) is 5.32 Å². The largest absolute Gasteiger partial charge is 0.416 e. The van der Waals surface area contributed by atoms with Gasteiger partial charge in [-0.05, 0) is 18.2 Å². The molecule has 11 heteroatoms. The number of imide groups is 1. The molecule has 2 heterocycles. The van der Waals surface area contributed by atoms with Gasteiger partial charge in [0.1, 0.15) is 6.54 Å². The highest BCUT2D eigenvalue weighted by Gasteiger charge is 2.33. The highest BCUT2D eigenvalue weighted by molar-refractivity contribution is 6.04. The third-order valence-corrected chi connectivity index (χ3v) is 5.07. The van der Waals surface area contributed by atoms with Crippen molar-refractivity contribution in [1.82, 2.24) is 14.7 Å². The summed E-state index contributed by atoms with van der Waals surface area (Å²) in [5, 5.41) is 2.69. The molecule has 0 aliphatic carbocycles. The number of carbonyl (C=O) groups excluding carboxylic acids is 4. The number of anilines is 1. The molecular weight excluding hydrogens is 405 g/mol. The summed E-state index contributed by atoms with van der Waals surface area (Å²) in [5.74, 6) is -1.37. The molecule has 0 bridgehead atoms. The minimum absolute atomic E-state index is 0.118. The minimum Gasteiger partial charge on any atom is -0.376 e. The summed E-state index contributed by atoms with van der Waals surface area (Å²) in [6, 6.07) is 4.59. The van der Waals surface area contributed by atoms with E-state index in [4.69, 9.17) is 0 Å². The van der Waals surface area contributed by atoms with E-state index in [1.165, 1.54) is 21.9 Å². The Bertz CT molecular complexity index is 834. The zero-order chi connectivity index (χ0) is 21.9. The average molecular weight is 426 g/mol. The summed E-state index contributed by atoms with van der Waals surface area (Å²) < 4.78 is 38.3. The van der Waals surface area contributed by atoms with Crippen LogP contribution in [0.3, 0.4) is 0 Å². The lowest BCUT2D eigenvalue weighted by atomic mass is 10.2. The molecule has 0 aromatic heterocycles. The second kappa shape index (κ2) is 8.72. The van der Waals surface area contributed by atoms with Crippen LogP contribution in [0.5, 0.6) is 0 Å². The number of hydrogen-bond acceptors (Lipinski definition) is 5. The van der Waals surface area contributed by atoms with Crippen molar-refractivity contribution < 1.29 is 32.3 Å². The lowest BCUT2D eigenvalue weighted by Crippen LogP contribution is -2.53. The van der Waals surface area contributed by atoms with E-state index in [0.717, 1.165) is 17.0 Å². The first-order valence-electron chi connectivity index (χ1n) is 9.45. The van der Waals surface area contributed by atoms with Gasteiger partial charge in [0.25, 0.3) is 0 Å². The normalized spacial score (nSPS) is 17.5. The standard InChI is InChI=1S/C19H21F3N4O4/c20-19(21,22)13-2-1-3-14(10-13)23-11-17(29)24-6-8-25(9-7-24)18(30)12-26-15(27)4-5-16(26)28/h1-3,10,23H,4-9,11-12H2. The molecule has 8 nitrogen and oxygen atoms in total. The molecule has 2 aliphatic heterocycles. The van der Waals surface area contributed by atoms with Crippen molar-refractivity contribution in [2.75, 3.05) is 44.6 Å². The summed E-state index contributed by atoms with van der Waals surface area (Å²) >= 11 is 0. The number of amides is 4. The van der Waals surface area contributed by atoms with Crippen molar-refractivity contribution in [1.29, 1.82) is 0 Å². The topological polar surface area (TPSA) is 90.0 Å². The molecule has 2 fully saturated rings. The van der Waals surface area contributed by atoms with Crippen LogP contribution in [0.15, 0.2) is 24.3 Å². The van der Waals surface area contributed by atoms with Gasteiger partial charge in [0.15, 0.2) is 0 Å². The lowest BCUT2D eigenvalue weighted by molar-refractivity contribution is -0.146. The third-order valence-electron chi connectivity index (χ3n) is 5.07. The quantitative estimate of drug-likeness (QED) is 0.708. The Morgan fingerprint density at radius 3 is 2.07 bits per heavy atom. The van der Waals surface area contributed by atoms with Crippen LogP contribution in [0.2, 0.25) is 0 Å². The maximum absolute atomic E-state index is 12.8. The third kappa shape index (κ3) is 5.08. The van der Waals surface area contributed by atoms with Crippen LogP contribution in [0.4, 0.5) is 18.9 Å². The van der Waals surface area contributed by atoms with E-state index in [-0.39, 0.29) is 81.4 Å². The molecule has 0 atom stereocenters. The zero-order valence-corrected chi connectivity index (χ0v) is 16.1. The van der Waals surface area contributed by atoms with Crippen LogP contribution in [0, 0.1) is 0 Å². The SMILES string of the molecule is O=C(CNc1cccc(C(F)(F)F)c1)N1CCN(C(=O)CN2C(=O)CCC2=O)CC1. The van der Waals surface area contributed by atoms with Crippen molar-refractivity contribution in [3.05, 3.63) is 29.8 Å². The van der Waals surface area contributed by atoms with Crippen molar-refractivity contribution in [3.8, 4) is 0 Å². The predicted octanol–water partition coefficient (Wildman–Crippen LogP) is 0.937. The summed E-state index contributed by atoms with van der Waals surface area (Å²) in [6.45, 7) is 0.566. The van der Waals surface area contributed by atoms with Gasteiger partial charge in [-0.1, -0.05) is 6.07 Å². The molecule has 4 amide bonds. The molecule has 0 radical (unpaired) electrons. The first kappa shape index (κ1) is 21.6. The second-order valence-corrected chi connectivity index (χ2v) is 7.07. The van der Waals surface area contributed by atoms with Gasteiger partial charge >= 0.3 is 6.18 Å². The highest BCUT2D eigenvalue weighted by atomic mass is 19.4. The van der Waals surface area contributed by atoms with Crippen molar-refractivity contribution in [2.45, 2.75) is 19.0 Å². The number of alkyl halides is 3. The van der Waals surface area contributed by atoms with Crippen LogP contribution in [-0.4, -0.2) is 77.6 Å².